The molecule has 1 aromatic carbocycles. The van der Waals surface area contributed by atoms with Crippen molar-refractivity contribution in [3.05, 3.63) is 75.1 Å². The summed E-state index contributed by atoms with van der Waals surface area (Å²) in [5.41, 5.74) is 2.22. The van der Waals surface area contributed by atoms with Crippen molar-refractivity contribution in [1.29, 1.82) is 0 Å². The van der Waals surface area contributed by atoms with Crippen LogP contribution in [-0.4, -0.2) is 34.2 Å². The third-order valence-electron chi connectivity index (χ3n) is 4.56. The first-order chi connectivity index (χ1) is 14.5. The van der Waals surface area contributed by atoms with E-state index in [0.29, 0.717) is 22.9 Å². The summed E-state index contributed by atoms with van der Waals surface area (Å²) >= 11 is 7.42. The fraction of sp³-hybridized carbons (Fsp3) is 0.238. The zero-order chi connectivity index (χ0) is 21.1. The minimum atomic E-state index is -0.510. The second kappa shape index (κ2) is 8.81. The van der Waals surface area contributed by atoms with Gasteiger partial charge in [0.05, 0.1) is 29.1 Å². The van der Waals surface area contributed by atoms with Crippen molar-refractivity contribution in [2.75, 3.05) is 6.61 Å². The Bertz CT molecular complexity index is 1080. The molecule has 2 aromatic heterocycles. The standard InChI is InChI=1S/C21H18ClN3O4S/c1-13-23-16(12-30-13)9-21(27)29-11-20(26)25-18(19-3-2-8-28-19)10-17(24-25)14-4-6-15(22)7-5-14/h2-8,12,18H,9-11H2,1H3/t18-/m1/s1. The molecule has 1 aliphatic heterocycles. The highest BCUT2D eigenvalue weighted by molar-refractivity contribution is 7.09. The maximum Gasteiger partial charge on any atom is 0.312 e. The van der Waals surface area contributed by atoms with Gasteiger partial charge >= 0.3 is 5.97 Å². The Labute approximate surface area is 181 Å². The Morgan fingerprint density at radius 3 is 2.77 bits per heavy atom. The summed E-state index contributed by atoms with van der Waals surface area (Å²) in [5, 5.41) is 9.10. The van der Waals surface area contributed by atoms with Gasteiger partial charge in [0, 0.05) is 16.8 Å². The molecule has 9 heteroatoms. The van der Waals surface area contributed by atoms with Crippen molar-refractivity contribution in [3.8, 4) is 0 Å². The van der Waals surface area contributed by atoms with E-state index in [-0.39, 0.29) is 6.42 Å². The van der Waals surface area contributed by atoms with Crippen LogP contribution < -0.4 is 0 Å². The number of hydrogen-bond donors (Lipinski definition) is 0. The number of nitrogens with zero attached hydrogens (tertiary/aromatic N) is 3. The average molecular weight is 444 g/mol. The lowest BCUT2D eigenvalue weighted by molar-refractivity contribution is -0.152. The minimum Gasteiger partial charge on any atom is -0.467 e. The molecule has 154 valence electrons. The van der Waals surface area contributed by atoms with E-state index in [2.05, 4.69) is 10.1 Å². The largest absolute Gasteiger partial charge is 0.467 e. The van der Waals surface area contributed by atoms with E-state index in [4.69, 9.17) is 20.8 Å². The molecule has 0 radical (unpaired) electrons. The van der Waals surface area contributed by atoms with Crippen molar-refractivity contribution in [1.82, 2.24) is 9.99 Å². The quantitative estimate of drug-likeness (QED) is 0.534. The van der Waals surface area contributed by atoms with E-state index >= 15 is 0 Å². The lowest BCUT2D eigenvalue weighted by Crippen LogP contribution is -2.31. The Kier molecular flexibility index (Phi) is 5.96. The summed E-state index contributed by atoms with van der Waals surface area (Å²) in [6.45, 7) is 1.46. The number of esters is 1. The number of furan rings is 1. The maximum absolute atomic E-state index is 12.8. The molecule has 1 atom stereocenters. The lowest BCUT2D eigenvalue weighted by atomic mass is 10.0. The molecule has 1 amide bonds. The van der Waals surface area contributed by atoms with Gasteiger partial charge in [-0.1, -0.05) is 23.7 Å². The van der Waals surface area contributed by atoms with Crippen molar-refractivity contribution in [2.24, 2.45) is 5.10 Å². The highest BCUT2D eigenvalue weighted by Crippen LogP contribution is 2.33. The molecule has 1 aliphatic rings. The number of hydrogen-bond acceptors (Lipinski definition) is 7. The van der Waals surface area contributed by atoms with Crippen molar-refractivity contribution in [2.45, 2.75) is 25.8 Å². The molecule has 3 aromatic rings. The van der Waals surface area contributed by atoms with Crippen LogP contribution in [-0.2, 0) is 20.7 Å². The zero-order valence-corrected chi connectivity index (χ0v) is 17.7. The van der Waals surface area contributed by atoms with Gasteiger partial charge in [-0.15, -0.1) is 11.3 Å². The van der Waals surface area contributed by atoms with Crippen molar-refractivity contribution < 1.29 is 18.7 Å². The first-order valence-corrected chi connectivity index (χ1v) is 10.5. The van der Waals surface area contributed by atoms with Crippen LogP contribution in [0.2, 0.25) is 5.02 Å². The van der Waals surface area contributed by atoms with Crippen LogP contribution in [0.5, 0.6) is 0 Å². The number of halogens is 1. The van der Waals surface area contributed by atoms with Gasteiger partial charge in [-0.25, -0.2) is 9.99 Å². The summed E-state index contributed by atoms with van der Waals surface area (Å²) in [5.74, 6) is -0.326. The molecule has 0 N–H and O–H groups in total. The zero-order valence-electron chi connectivity index (χ0n) is 16.1. The molecule has 3 heterocycles. The molecule has 0 spiro atoms. The van der Waals surface area contributed by atoms with E-state index in [1.807, 2.05) is 19.1 Å². The minimum absolute atomic E-state index is 0.0263. The highest BCUT2D eigenvalue weighted by atomic mass is 35.5. The SMILES string of the molecule is Cc1nc(CC(=O)OCC(=O)N2N=C(c3ccc(Cl)cc3)C[C@@H]2c2ccco2)cs1. The van der Waals surface area contributed by atoms with Crippen LogP contribution in [0.1, 0.15) is 34.5 Å². The smallest absolute Gasteiger partial charge is 0.312 e. The summed E-state index contributed by atoms with van der Waals surface area (Å²) in [7, 11) is 0. The second-order valence-corrected chi connectivity index (χ2v) is 8.22. The molecule has 0 saturated carbocycles. The number of aryl methyl sites for hydroxylation is 1. The van der Waals surface area contributed by atoms with Gasteiger partial charge in [0.15, 0.2) is 6.61 Å². The topological polar surface area (TPSA) is 85.0 Å². The molecular formula is C21H18ClN3O4S. The summed E-state index contributed by atoms with van der Waals surface area (Å²) in [6, 6.07) is 10.4. The van der Waals surface area contributed by atoms with E-state index in [1.54, 1.807) is 35.9 Å². The molecule has 0 saturated heterocycles. The normalized spacial score (nSPS) is 15.9. The highest BCUT2D eigenvalue weighted by Gasteiger charge is 2.35. The van der Waals surface area contributed by atoms with Crippen LogP contribution >= 0.6 is 22.9 Å². The number of carbonyl (C=O) groups excluding carboxylic acids is 2. The average Bonchev–Trinajstić information content (AvgIpc) is 3.47. The third-order valence-corrected chi connectivity index (χ3v) is 5.64. The number of rotatable bonds is 6. The monoisotopic (exact) mass is 443 g/mol. The first-order valence-electron chi connectivity index (χ1n) is 9.25. The van der Waals surface area contributed by atoms with Gasteiger partial charge in [0.25, 0.3) is 5.91 Å². The van der Waals surface area contributed by atoms with Crippen LogP contribution in [0, 0.1) is 6.92 Å². The molecule has 0 bridgehead atoms. The molecule has 0 aliphatic carbocycles. The van der Waals surface area contributed by atoms with Crippen molar-refractivity contribution >= 4 is 40.5 Å². The maximum atomic E-state index is 12.8. The number of carbonyl (C=O) groups is 2. The number of aromatic nitrogens is 1. The van der Waals surface area contributed by atoms with Crippen LogP contribution in [0.4, 0.5) is 0 Å². The van der Waals surface area contributed by atoms with E-state index in [9.17, 15) is 9.59 Å². The molecule has 7 nitrogen and oxygen atoms in total. The second-order valence-electron chi connectivity index (χ2n) is 6.72. The van der Waals surface area contributed by atoms with E-state index < -0.39 is 24.5 Å². The van der Waals surface area contributed by atoms with Gasteiger partial charge < -0.3 is 9.15 Å². The Morgan fingerprint density at radius 1 is 1.30 bits per heavy atom. The van der Waals surface area contributed by atoms with Crippen molar-refractivity contribution in [3.63, 3.8) is 0 Å². The predicted molar refractivity (Wildman–Crippen MR) is 112 cm³/mol. The summed E-state index contributed by atoms with van der Waals surface area (Å²) < 4.78 is 10.7. The van der Waals surface area contributed by atoms with Crippen LogP contribution in [0.25, 0.3) is 0 Å². The molecule has 0 unspecified atom stereocenters. The lowest BCUT2D eigenvalue weighted by Gasteiger charge is -2.19. The molecular weight excluding hydrogens is 426 g/mol. The number of thiazole rings is 1. The number of hydrazone groups is 1. The Balaban J connectivity index is 1.46. The van der Waals surface area contributed by atoms with Gasteiger partial charge in [0.1, 0.15) is 11.8 Å². The van der Waals surface area contributed by atoms with Crippen LogP contribution in [0.15, 0.2) is 57.6 Å². The number of benzene rings is 1. The fourth-order valence-electron chi connectivity index (χ4n) is 3.16. The first kappa shape index (κ1) is 20.3. The summed E-state index contributed by atoms with van der Waals surface area (Å²) in [4.78, 5) is 29.1. The van der Waals surface area contributed by atoms with Gasteiger partial charge in [-0.05, 0) is 36.8 Å². The summed E-state index contributed by atoms with van der Waals surface area (Å²) in [6.07, 6.45) is 2.06. The Morgan fingerprint density at radius 2 is 2.10 bits per heavy atom. The Hall–Kier alpha value is -2.97. The van der Waals surface area contributed by atoms with E-state index in [0.717, 1.165) is 16.3 Å². The number of ether oxygens (including phenoxy) is 1. The molecule has 30 heavy (non-hydrogen) atoms. The van der Waals surface area contributed by atoms with Gasteiger partial charge in [-0.3, -0.25) is 9.59 Å². The number of amides is 1. The van der Waals surface area contributed by atoms with Gasteiger partial charge in [-0.2, -0.15) is 5.10 Å². The van der Waals surface area contributed by atoms with Crippen LogP contribution in [0.3, 0.4) is 0 Å². The predicted octanol–water partition coefficient (Wildman–Crippen LogP) is 4.16. The third kappa shape index (κ3) is 4.60. The van der Waals surface area contributed by atoms with Gasteiger partial charge in [0.2, 0.25) is 0 Å². The molecule has 0 fully saturated rings. The van der Waals surface area contributed by atoms with E-state index in [1.165, 1.54) is 16.3 Å². The fourth-order valence-corrected chi connectivity index (χ4v) is 3.89. The molecule has 4 rings (SSSR count).